The van der Waals surface area contributed by atoms with Crippen LogP contribution in [0.3, 0.4) is 0 Å². The predicted molar refractivity (Wildman–Crippen MR) is 114 cm³/mol. The number of halogens is 3. The van der Waals surface area contributed by atoms with Crippen LogP contribution in [-0.4, -0.2) is 31.1 Å². The van der Waals surface area contributed by atoms with E-state index in [0.717, 1.165) is 6.42 Å². The molecule has 0 aromatic carbocycles. The Labute approximate surface area is 181 Å². The van der Waals surface area contributed by atoms with Gasteiger partial charge in [0.25, 0.3) is 5.91 Å². The molecule has 2 unspecified atom stereocenters. The molecule has 2 aliphatic rings. The summed E-state index contributed by atoms with van der Waals surface area (Å²) in [4.78, 5) is 11.2. The van der Waals surface area contributed by atoms with Gasteiger partial charge in [0.05, 0.1) is 22.8 Å². The first kappa shape index (κ1) is 23.3. The Balaban J connectivity index is 2.01. The van der Waals surface area contributed by atoms with Crippen LogP contribution in [0.4, 0.5) is 0 Å². The van der Waals surface area contributed by atoms with E-state index in [1.807, 2.05) is 18.2 Å². The monoisotopic (exact) mass is 448 g/mol. The van der Waals surface area contributed by atoms with Gasteiger partial charge in [-0.05, 0) is 36.2 Å². The van der Waals surface area contributed by atoms with Crippen LogP contribution in [0.1, 0.15) is 33.1 Å². The molecule has 0 saturated carbocycles. The molecule has 0 bridgehead atoms. The number of nitrogens with two attached hydrogens (primary N) is 1. The Hall–Kier alpha value is -0.980. The first-order chi connectivity index (χ1) is 13.3. The first-order valence-electron chi connectivity index (χ1n) is 9.24. The van der Waals surface area contributed by atoms with Gasteiger partial charge in [-0.15, -0.1) is 11.6 Å². The van der Waals surface area contributed by atoms with Crippen molar-refractivity contribution in [1.29, 1.82) is 0 Å². The molecule has 0 aliphatic heterocycles. The van der Waals surface area contributed by atoms with Gasteiger partial charge in [0, 0.05) is 5.88 Å². The molecule has 0 radical (unpaired) electrons. The van der Waals surface area contributed by atoms with Crippen molar-refractivity contribution < 1.29 is 14.3 Å². The lowest BCUT2D eigenvalue weighted by molar-refractivity contribution is -0.126. The molecule has 28 heavy (non-hydrogen) atoms. The van der Waals surface area contributed by atoms with E-state index in [1.165, 1.54) is 5.57 Å². The highest BCUT2D eigenvalue weighted by molar-refractivity contribution is 6.35. The second-order valence-corrected chi connectivity index (χ2v) is 8.58. The molecule has 3 N–H and O–H groups in total. The van der Waals surface area contributed by atoms with Gasteiger partial charge in [0.1, 0.15) is 6.61 Å². The number of carbonyl (C=O) groups excluding carboxylic acids is 1. The van der Waals surface area contributed by atoms with Gasteiger partial charge in [-0.2, -0.15) is 0 Å². The third-order valence-electron chi connectivity index (χ3n) is 5.06. The van der Waals surface area contributed by atoms with Gasteiger partial charge >= 0.3 is 0 Å². The summed E-state index contributed by atoms with van der Waals surface area (Å²) in [6.45, 7) is 4.76. The van der Waals surface area contributed by atoms with E-state index >= 15 is 0 Å². The minimum atomic E-state index is -0.351. The minimum Gasteiger partial charge on any atom is -0.491 e. The lowest BCUT2D eigenvalue weighted by Gasteiger charge is -2.37. The second kappa shape index (κ2) is 10.7. The number of ether oxygens (including phenoxy) is 2. The number of hydrazine groups is 1. The lowest BCUT2D eigenvalue weighted by Crippen LogP contribution is -2.34. The molecule has 0 fully saturated rings. The smallest absolute Gasteiger partial charge is 0.259 e. The van der Waals surface area contributed by atoms with Crippen molar-refractivity contribution in [3.63, 3.8) is 0 Å². The molecule has 0 aromatic heterocycles. The van der Waals surface area contributed by atoms with Gasteiger partial charge < -0.3 is 9.47 Å². The van der Waals surface area contributed by atoms with Crippen molar-refractivity contribution >= 4 is 40.7 Å². The zero-order chi connectivity index (χ0) is 20.7. The second-order valence-electron chi connectivity index (χ2n) is 7.34. The molecular weight excluding hydrogens is 423 g/mol. The van der Waals surface area contributed by atoms with Crippen LogP contribution >= 0.6 is 34.8 Å². The average Bonchev–Trinajstić information content (AvgIpc) is 2.68. The maximum Gasteiger partial charge on any atom is 0.259 e. The number of allylic oxidation sites excluding steroid dienone is 5. The van der Waals surface area contributed by atoms with Gasteiger partial charge in [-0.25, -0.2) is 5.84 Å². The summed E-state index contributed by atoms with van der Waals surface area (Å²) in [5.41, 5.74) is 3.05. The molecule has 0 aromatic rings. The molecule has 0 heterocycles. The Kier molecular flexibility index (Phi) is 8.90. The summed E-state index contributed by atoms with van der Waals surface area (Å²) in [7, 11) is 0. The molecule has 0 saturated heterocycles. The van der Waals surface area contributed by atoms with Crippen LogP contribution < -0.4 is 11.3 Å². The number of rotatable bonds is 9. The quantitative estimate of drug-likeness (QED) is 0.178. The highest BCUT2D eigenvalue weighted by Crippen LogP contribution is 2.46. The molecule has 8 heteroatoms. The van der Waals surface area contributed by atoms with Gasteiger partial charge in [0.15, 0.2) is 5.76 Å². The summed E-state index contributed by atoms with van der Waals surface area (Å²) in [5.74, 6) is 5.93. The molecule has 2 rings (SSSR count). The van der Waals surface area contributed by atoms with Crippen LogP contribution in [0.25, 0.3) is 0 Å². The number of hydrogen-bond acceptors (Lipinski definition) is 4. The summed E-state index contributed by atoms with van der Waals surface area (Å²) in [6.07, 6.45) is 10.1. The van der Waals surface area contributed by atoms with E-state index in [4.69, 9.17) is 50.1 Å². The zero-order valence-corrected chi connectivity index (χ0v) is 18.4. The number of amides is 1. The van der Waals surface area contributed by atoms with Crippen LogP contribution in [0.5, 0.6) is 0 Å². The maximum atomic E-state index is 11.2. The van der Waals surface area contributed by atoms with Crippen molar-refractivity contribution in [3.8, 4) is 0 Å². The van der Waals surface area contributed by atoms with E-state index in [0.29, 0.717) is 41.2 Å². The molecule has 156 valence electrons. The molecule has 5 nitrogen and oxygen atoms in total. The Morgan fingerprint density at radius 1 is 1.39 bits per heavy atom. The van der Waals surface area contributed by atoms with Crippen molar-refractivity contribution in [3.05, 3.63) is 45.7 Å². The van der Waals surface area contributed by atoms with Crippen molar-refractivity contribution in [1.82, 2.24) is 5.43 Å². The molecule has 1 amide bonds. The topological polar surface area (TPSA) is 73.6 Å². The minimum absolute atomic E-state index is 0.0635. The van der Waals surface area contributed by atoms with Crippen LogP contribution in [0, 0.1) is 11.3 Å². The van der Waals surface area contributed by atoms with E-state index in [9.17, 15) is 4.79 Å². The molecule has 2 atom stereocenters. The highest BCUT2D eigenvalue weighted by Gasteiger charge is 2.35. The van der Waals surface area contributed by atoms with Crippen LogP contribution in [-0.2, 0) is 14.3 Å². The summed E-state index contributed by atoms with van der Waals surface area (Å²) < 4.78 is 11.2. The predicted octanol–water partition coefficient (Wildman–Crippen LogP) is 4.51. The van der Waals surface area contributed by atoms with Gasteiger partial charge in [-0.3, -0.25) is 10.2 Å². The van der Waals surface area contributed by atoms with E-state index in [-0.39, 0.29) is 30.0 Å². The lowest BCUT2D eigenvalue weighted by atomic mass is 9.69. The molecule has 0 spiro atoms. The number of hydrogen-bond donors (Lipinski definition) is 2. The standard InChI is InChI=1S/C20H27Cl3N2O3/c1-20(2,13-4-6-15(7-5-13)28-12-18(26)25-24)14-10-16(22)19(17(23)11-14)27-9-3-8-21/h4-6,10,14-15H,3,7-9,11-12,24H2,1-2H3,(H,25,26). The van der Waals surface area contributed by atoms with Crippen LogP contribution in [0.15, 0.2) is 45.7 Å². The fourth-order valence-corrected chi connectivity index (χ4v) is 4.01. The Bertz CT molecular complexity index is 699. The van der Waals surface area contributed by atoms with E-state index in [2.05, 4.69) is 25.3 Å². The normalized spacial score (nSPS) is 22.6. The molecular formula is C20H27Cl3N2O3. The number of alkyl halides is 1. The number of carbonyl (C=O) groups is 1. The fraction of sp³-hybridized carbons (Fsp3) is 0.550. The summed E-state index contributed by atoms with van der Waals surface area (Å²) in [6, 6.07) is 0. The van der Waals surface area contributed by atoms with Crippen molar-refractivity contribution in [2.45, 2.75) is 39.2 Å². The fourth-order valence-electron chi connectivity index (χ4n) is 3.21. The van der Waals surface area contributed by atoms with Crippen molar-refractivity contribution in [2.24, 2.45) is 17.2 Å². The Morgan fingerprint density at radius 3 is 2.71 bits per heavy atom. The van der Waals surface area contributed by atoms with E-state index < -0.39 is 0 Å². The highest BCUT2D eigenvalue weighted by atomic mass is 35.5. The molecule has 2 aliphatic carbocycles. The Morgan fingerprint density at radius 2 is 2.14 bits per heavy atom. The van der Waals surface area contributed by atoms with Crippen molar-refractivity contribution in [2.75, 3.05) is 19.1 Å². The van der Waals surface area contributed by atoms with E-state index in [1.54, 1.807) is 0 Å². The average molecular weight is 450 g/mol. The van der Waals surface area contributed by atoms with Gasteiger partial charge in [0.2, 0.25) is 0 Å². The summed E-state index contributed by atoms with van der Waals surface area (Å²) in [5, 5.41) is 1.17. The zero-order valence-electron chi connectivity index (χ0n) is 16.1. The SMILES string of the molecule is CC(C)(C1=CCC(OCC(=O)NN)C=C1)C1C=C(Cl)C(OCCCCl)=C(Cl)C1. The van der Waals surface area contributed by atoms with Gasteiger partial charge in [-0.1, -0.05) is 61.4 Å². The summed E-state index contributed by atoms with van der Waals surface area (Å²) >= 11 is 18.6. The third kappa shape index (κ3) is 6.01. The van der Waals surface area contributed by atoms with Crippen LogP contribution in [0.2, 0.25) is 0 Å². The largest absolute Gasteiger partial charge is 0.491 e. The third-order valence-corrected chi connectivity index (χ3v) is 5.95. The maximum absolute atomic E-state index is 11.2. The number of nitrogens with one attached hydrogen (secondary N) is 1. The first-order valence-corrected chi connectivity index (χ1v) is 10.5.